The van der Waals surface area contributed by atoms with Gasteiger partial charge in [0, 0.05) is 19.1 Å². The fraction of sp³-hybridized carbons (Fsp3) is 0.750. The van der Waals surface area contributed by atoms with Crippen molar-refractivity contribution in [1.29, 1.82) is 0 Å². The molecular formula is C8H17N5. The third kappa shape index (κ3) is 4.00. The molecule has 0 aromatic carbocycles. The van der Waals surface area contributed by atoms with Gasteiger partial charge in [-0.05, 0) is 21.0 Å². The third-order valence-corrected chi connectivity index (χ3v) is 1.74. The molecule has 13 heavy (non-hydrogen) atoms. The van der Waals surface area contributed by atoms with Crippen LogP contribution in [-0.4, -0.2) is 47.0 Å². The lowest BCUT2D eigenvalue weighted by Crippen LogP contribution is -2.35. The Morgan fingerprint density at radius 3 is 2.92 bits per heavy atom. The van der Waals surface area contributed by atoms with Crippen LogP contribution in [0.25, 0.3) is 0 Å². The van der Waals surface area contributed by atoms with Crippen LogP contribution in [0.5, 0.6) is 0 Å². The van der Waals surface area contributed by atoms with Gasteiger partial charge in [-0.15, -0.1) is 0 Å². The Hall–Kier alpha value is -0.940. The van der Waals surface area contributed by atoms with Crippen molar-refractivity contribution in [3.63, 3.8) is 0 Å². The molecule has 0 aliphatic heterocycles. The van der Waals surface area contributed by atoms with Gasteiger partial charge in [0.2, 0.25) is 0 Å². The van der Waals surface area contributed by atoms with E-state index < -0.39 is 0 Å². The van der Waals surface area contributed by atoms with Crippen molar-refractivity contribution >= 4 is 0 Å². The molecule has 0 saturated heterocycles. The molecule has 0 amide bonds. The van der Waals surface area contributed by atoms with E-state index in [4.69, 9.17) is 0 Å². The van der Waals surface area contributed by atoms with E-state index in [1.165, 1.54) is 0 Å². The molecule has 0 aliphatic rings. The van der Waals surface area contributed by atoms with Gasteiger partial charge < -0.3 is 10.2 Å². The predicted octanol–water partition coefficient (Wildman–Crippen LogP) is -0.156. The van der Waals surface area contributed by atoms with Crippen LogP contribution in [0, 0.1) is 0 Å². The molecule has 1 unspecified atom stereocenters. The number of hydrogen-bond donors (Lipinski definition) is 2. The van der Waals surface area contributed by atoms with Crippen LogP contribution in [-0.2, 0) is 6.54 Å². The third-order valence-electron chi connectivity index (χ3n) is 1.74. The van der Waals surface area contributed by atoms with Gasteiger partial charge in [-0.2, -0.15) is 15.4 Å². The number of rotatable bonds is 5. The highest BCUT2D eigenvalue weighted by atomic mass is 15.3. The monoisotopic (exact) mass is 183 g/mol. The van der Waals surface area contributed by atoms with Crippen LogP contribution < -0.4 is 5.32 Å². The summed E-state index contributed by atoms with van der Waals surface area (Å²) in [6.07, 6.45) is 1.73. The maximum absolute atomic E-state index is 3.96. The molecule has 1 aromatic heterocycles. The van der Waals surface area contributed by atoms with Crippen LogP contribution in [0.3, 0.4) is 0 Å². The van der Waals surface area contributed by atoms with E-state index in [1.54, 1.807) is 6.20 Å². The number of nitrogens with zero attached hydrogens (tertiary/aromatic N) is 3. The SMILES string of the molecule is CC(CN(C)C)NCc1cn[nH]n1. The first-order valence-corrected chi connectivity index (χ1v) is 4.41. The zero-order valence-electron chi connectivity index (χ0n) is 8.41. The van der Waals surface area contributed by atoms with Crippen molar-refractivity contribution in [2.45, 2.75) is 19.5 Å². The summed E-state index contributed by atoms with van der Waals surface area (Å²) in [6.45, 7) is 3.95. The average molecular weight is 183 g/mol. The van der Waals surface area contributed by atoms with Crippen molar-refractivity contribution in [1.82, 2.24) is 25.6 Å². The summed E-state index contributed by atoms with van der Waals surface area (Å²) in [5.74, 6) is 0. The van der Waals surface area contributed by atoms with Gasteiger partial charge in [0.25, 0.3) is 0 Å². The molecule has 0 bridgehead atoms. The van der Waals surface area contributed by atoms with E-state index in [1.807, 2.05) is 0 Å². The molecule has 0 saturated carbocycles. The van der Waals surface area contributed by atoms with Crippen molar-refractivity contribution in [2.75, 3.05) is 20.6 Å². The summed E-state index contributed by atoms with van der Waals surface area (Å²) < 4.78 is 0. The number of hydrogen-bond acceptors (Lipinski definition) is 4. The highest BCUT2D eigenvalue weighted by Gasteiger charge is 2.03. The molecule has 1 atom stereocenters. The smallest absolute Gasteiger partial charge is 0.0962 e. The van der Waals surface area contributed by atoms with Crippen molar-refractivity contribution in [3.8, 4) is 0 Å². The van der Waals surface area contributed by atoms with Crippen molar-refractivity contribution in [2.24, 2.45) is 0 Å². The van der Waals surface area contributed by atoms with Crippen LogP contribution in [0.4, 0.5) is 0 Å². The lowest BCUT2D eigenvalue weighted by molar-refractivity contribution is 0.348. The average Bonchev–Trinajstić information content (AvgIpc) is 2.51. The number of likely N-dealkylation sites (N-methyl/N-ethyl adjacent to an activating group) is 1. The zero-order chi connectivity index (χ0) is 9.68. The van der Waals surface area contributed by atoms with Crippen LogP contribution >= 0.6 is 0 Å². The predicted molar refractivity (Wildman–Crippen MR) is 51.2 cm³/mol. The Labute approximate surface area is 78.5 Å². The summed E-state index contributed by atoms with van der Waals surface area (Å²) in [6, 6.07) is 0.465. The summed E-state index contributed by atoms with van der Waals surface area (Å²) in [5, 5.41) is 13.6. The standard InChI is InChI=1S/C8H17N5/c1-7(6-13(2)3)9-4-8-5-10-12-11-8/h5,7,9H,4,6H2,1-3H3,(H,10,11,12). The maximum atomic E-state index is 3.96. The summed E-state index contributed by atoms with van der Waals surface area (Å²) in [7, 11) is 4.13. The molecule has 2 N–H and O–H groups in total. The van der Waals surface area contributed by atoms with E-state index in [2.05, 4.69) is 46.6 Å². The van der Waals surface area contributed by atoms with E-state index in [0.29, 0.717) is 6.04 Å². The first-order valence-electron chi connectivity index (χ1n) is 4.41. The Balaban J connectivity index is 2.19. The Morgan fingerprint density at radius 2 is 2.38 bits per heavy atom. The largest absolute Gasteiger partial charge is 0.308 e. The summed E-state index contributed by atoms with van der Waals surface area (Å²) in [5.41, 5.74) is 0.950. The molecule has 5 heteroatoms. The number of aromatic nitrogens is 3. The van der Waals surface area contributed by atoms with Crippen molar-refractivity contribution in [3.05, 3.63) is 11.9 Å². The molecule has 5 nitrogen and oxygen atoms in total. The number of H-pyrrole nitrogens is 1. The normalized spacial score (nSPS) is 13.5. The van der Waals surface area contributed by atoms with E-state index in [0.717, 1.165) is 18.8 Å². The molecular weight excluding hydrogens is 166 g/mol. The minimum Gasteiger partial charge on any atom is -0.308 e. The van der Waals surface area contributed by atoms with Gasteiger partial charge in [0.15, 0.2) is 0 Å². The summed E-state index contributed by atoms with van der Waals surface area (Å²) in [4.78, 5) is 2.15. The Morgan fingerprint density at radius 1 is 1.62 bits per heavy atom. The number of aromatic amines is 1. The fourth-order valence-electron chi connectivity index (χ4n) is 1.20. The van der Waals surface area contributed by atoms with E-state index in [-0.39, 0.29) is 0 Å². The lowest BCUT2D eigenvalue weighted by Gasteiger charge is -2.17. The quantitative estimate of drug-likeness (QED) is 0.666. The van der Waals surface area contributed by atoms with Gasteiger partial charge in [-0.1, -0.05) is 0 Å². The second-order valence-corrected chi connectivity index (χ2v) is 3.51. The lowest BCUT2D eigenvalue weighted by atomic mass is 10.3. The first kappa shape index (κ1) is 10.1. The highest BCUT2D eigenvalue weighted by Crippen LogP contribution is 1.90. The second kappa shape index (κ2) is 4.94. The molecule has 0 spiro atoms. The van der Waals surface area contributed by atoms with E-state index in [9.17, 15) is 0 Å². The molecule has 1 rings (SSSR count). The minimum atomic E-state index is 0.465. The zero-order valence-corrected chi connectivity index (χ0v) is 8.41. The molecule has 0 fully saturated rings. The van der Waals surface area contributed by atoms with Gasteiger partial charge in [0.05, 0.1) is 11.9 Å². The van der Waals surface area contributed by atoms with Gasteiger partial charge in [-0.25, -0.2) is 0 Å². The van der Waals surface area contributed by atoms with Crippen LogP contribution in [0.2, 0.25) is 0 Å². The molecule has 0 radical (unpaired) electrons. The van der Waals surface area contributed by atoms with Gasteiger partial charge in [0.1, 0.15) is 0 Å². The maximum Gasteiger partial charge on any atom is 0.0962 e. The molecule has 0 aliphatic carbocycles. The highest BCUT2D eigenvalue weighted by molar-refractivity contribution is 4.89. The topological polar surface area (TPSA) is 56.8 Å². The molecule has 74 valence electrons. The van der Waals surface area contributed by atoms with Gasteiger partial charge >= 0.3 is 0 Å². The van der Waals surface area contributed by atoms with Crippen LogP contribution in [0.15, 0.2) is 6.20 Å². The number of nitrogens with one attached hydrogen (secondary N) is 2. The Bertz CT molecular complexity index is 218. The second-order valence-electron chi connectivity index (χ2n) is 3.51. The minimum absolute atomic E-state index is 0.465. The fourth-order valence-corrected chi connectivity index (χ4v) is 1.20. The first-order chi connectivity index (χ1) is 6.18. The Kier molecular flexibility index (Phi) is 3.85. The van der Waals surface area contributed by atoms with Crippen LogP contribution in [0.1, 0.15) is 12.6 Å². The van der Waals surface area contributed by atoms with Crippen molar-refractivity contribution < 1.29 is 0 Å². The van der Waals surface area contributed by atoms with Gasteiger partial charge in [-0.3, -0.25) is 0 Å². The van der Waals surface area contributed by atoms with E-state index >= 15 is 0 Å². The molecule has 1 heterocycles. The molecule has 1 aromatic rings. The summed E-state index contributed by atoms with van der Waals surface area (Å²) >= 11 is 0.